The third-order valence-electron chi connectivity index (χ3n) is 13.3. The largest absolute Gasteiger partial charge is 0.468 e. The molecule has 0 radical (unpaired) electrons. The predicted molar refractivity (Wildman–Crippen MR) is 223 cm³/mol. The second-order valence-electron chi connectivity index (χ2n) is 17.1. The van der Waals surface area contributed by atoms with E-state index in [4.69, 9.17) is 47.4 Å². The van der Waals surface area contributed by atoms with Crippen LogP contribution in [0.25, 0.3) is 0 Å². The summed E-state index contributed by atoms with van der Waals surface area (Å²) in [6.07, 6.45) is -15.8. The van der Waals surface area contributed by atoms with E-state index >= 15 is 0 Å². The van der Waals surface area contributed by atoms with Gasteiger partial charge in [0.1, 0.15) is 54.9 Å². The van der Waals surface area contributed by atoms with E-state index < -0.39 is 179 Å². The first kappa shape index (κ1) is 54.8. The van der Waals surface area contributed by atoms with Crippen molar-refractivity contribution >= 4 is 23.9 Å². The normalized spacial score (nSPS) is 38.9. The van der Waals surface area contributed by atoms with E-state index in [1.54, 1.807) is 20.8 Å². The van der Waals surface area contributed by atoms with Gasteiger partial charge in [-0.2, -0.15) is 0 Å². The van der Waals surface area contributed by atoms with Crippen LogP contribution in [0.2, 0.25) is 0 Å². The molecule has 0 spiro atoms. The van der Waals surface area contributed by atoms with Gasteiger partial charge in [0.2, 0.25) is 12.6 Å². The molecule has 19 unspecified atom stereocenters. The summed E-state index contributed by atoms with van der Waals surface area (Å²) in [4.78, 5) is 53.1. The molecule has 2 saturated heterocycles. The summed E-state index contributed by atoms with van der Waals surface area (Å²) in [7, 11) is 2.24. The Bertz CT molecular complexity index is 1860. The molecular weight excluding hydrogens is 912 g/mol. The number of hydrogen-bond donors (Lipinski definition) is 10. The number of aliphatic hydroxyl groups is 10. The fourth-order valence-electron chi connectivity index (χ4n) is 9.29. The van der Waals surface area contributed by atoms with Gasteiger partial charge in [0.15, 0.2) is 12.6 Å². The van der Waals surface area contributed by atoms with E-state index in [9.17, 15) is 70.2 Å². The Morgan fingerprint density at radius 3 is 1.53 bits per heavy atom. The van der Waals surface area contributed by atoms with E-state index in [1.165, 1.54) is 12.2 Å². The van der Waals surface area contributed by atoms with Gasteiger partial charge in [0.25, 0.3) is 0 Å². The minimum absolute atomic E-state index is 0.0905. The van der Waals surface area contributed by atoms with Crippen LogP contribution in [-0.2, 0) is 66.5 Å². The number of ether oxygens (including phenoxy) is 10. The number of hydrogen-bond acceptors (Lipinski definition) is 24. The molecule has 68 heavy (non-hydrogen) atoms. The first-order valence-electron chi connectivity index (χ1n) is 22.1. The Morgan fingerprint density at radius 1 is 0.676 bits per heavy atom. The van der Waals surface area contributed by atoms with Crippen molar-refractivity contribution in [1.29, 1.82) is 0 Å². The third kappa shape index (κ3) is 11.9. The van der Waals surface area contributed by atoms with Crippen molar-refractivity contribution in [2.24, 2.45) is 35.5 Å². The van der Waals surface area contributed by atoms with Crippen molar-refractivity contribution < 1.29 is 118 Å². The molecule has 0 bridgehead atoms. The molecule has 0 aromatic heterocycles. The van der Waals surface area contributed by atoms with Gasteiger partial charge >= 0.3 is 23.9 Å². The zero-order valence-corrected chi connectivity index (χ0v) is 38.1. The van der Waals surface area contributed by atoms with Crippen molar-refractivity contribution in [1.82, 2.24) is 0 Å². The first-order valence-corrected chi connectivity index (χ1v) is 22.1. The summed E-state index contributed by atoms with van der Waals surface area (Å²) in [6.45, 7) is 2.13. The molecule has 384 valence electrons. The summed E-state index contributed by atoms with van der Waals surface area (Å²) in [6, 6.07) is 0. The molecule has 0 aromatic carbocycles. The molecule has 3 fully saturated rings. The molecule has 0 amide bonds. The van der Waals surface area contributed by atoms with Crippen LogP contribution in [-0.4, -0.2) is 202 Å². The van der Waals surface area contributed by atoms with Gasteiger partial charge in [-0.05, 0) is 38.0 Å². The number of carbonyl (C=O) groups is 4. The van der Waals surface area contributed by atoms with Crippen molar-refractivity contribution in [3.05, 3.63) is 47.0 Å². The second kappa shape index (κ2) is 24.6. The lowest BCUT2D eigenvalue weighted by atomic mass is 9.82. The van der Waals surface area contributed by atoms with Crippen molar-refractivity contribution in [2.75, 3.05) is 47.3 Å². The molecule has 0 aromatic rings. The highest BCUT2D eigenvalue weighted by atomic mass is 16.8. The Morgan fingerprint density at radius 2 is 1.13 bits per heavy atom. The maximum atomic E-state index is 13.8. The average molecular weight is 977 g/mol. The minimum atomic E-state index is -1.79. The van der Waals surface area contributed by atoms with Crippen molar-refractivity contribution in [2.45, 2.75) is 120 Å². The molecule has 5 rings (SSSR count). The molecule has 10 N–H and O–H groups in total. The SMILES string of the molecule is CC=C1C(OC2OC(CO)C(O)C(O)C2O)OC=C(C(=O)OC)C1CC(=O)OCC(CO)C1CC(OC(=O)CC2C(C(=O)OC)=COC(OC3OC(CO)C(O)C(O)C3O)C2=CC)C(C)C1CO. The molecule has 1 aliphatic carbocycles. The first-order chi connectivity index (χ1) is 32.4. The molecule has 24 heteroatoms. The lowest BCUT2D eigenvalue weighted by Crippen LogP contribution is -2.60. The van der Waals surface area contributed by atoms with Crippen LogP contribution in [0.15, 0.2) is 47.0 Å². The molecule has 1 saturated carbocycles. The maximum absolute atomic E-state index is 13.8. The zero-order chi connectivity index (χ0) is 50.1. The average Bonchev–Trinajstić information content (AvgIpc) is 3.64. The summed E-state index contributed by atoms with van der Waals surface area (Å²) in [5, 5.41) is 102. The second-order valence-corrected chi connectivity index (χ2v) is 17.1. The van der Waals surface area contributed by atoms with Crippen LogP contribution in [0, 0.1) is 35.5 Å². The Labute approximate surface area is 390 Å². The van der Waals surface area contributed by atoms with Crippen LogP contribution in [0.3, 0.4) is 0 Å². The van der Waals surface area contributed by atoms with Gasteiger partial charge in [0.05, 0.1) is 70.6 Å². The van der Waals surface area contributed by atoms with Gasteiger partial charge < -0.3 is 98.4 Å². The molecular formula is C44H64O24. The maximum Gasteiger partial charge on any atom is 0.337 e. The Hall–Kier alpha value is -4.12. The van der Waals surface area contributed by atoms with E-state index in [0.29, 0.717) is 0 Å². The number of rotatable bonds is 18. The Kier molecular flexibility index (Phi) is 19.9. The summed E-state index contributed by atoms with van der Waals surface area (Å²) in [5.41, 5.74) is 0.187. The summed E-state index contributed by atoms with van der Waals surface area (Å²) >= 11 is 0. The lowest BCUT2D eigenvalue weighted by Gasteiger charge is -2.42. The quantitative estimate of drug-likeness (QED) is 0.0365. The topological polar surface area (TPSA) is 363 Å². The molecule has 19 atom stereocenters. The lowest BCUT2D eigenvalue weighted by molar-refractivity contribution is -0.327. The zero-order valence-electron chi connectivity index (χ0n) is 38.1. The third-order valence-corrected chi connectivity index (χ3v) is 13.3. The molecule has 4 aliphatic heterocycles. The monoisotopic (exact) mass is 976 g/mol. The van der Waals surface area contributed by atoms with Gasteiger partial charge in [-0.3, -0.25) is 9.59 Å². The van der Waals surface area contributed by atoms with Crippen LogP contribution < -0.4 is 0 Å². The number of methoxy groups -OCH3 is 2. The number of aliphatic hydroxyl groups excluding tert-OH is 10. The van der Waals surface area contributed by atoms with Crippen molar-refractivity contribution in [3.63, 3.8) is 0 Å². The van der Waals surface area contributed by atoms with E-state index in [-0.39, 0.29) is 35.3 Å². The van der Waals surface area contributed by atoms with Crippen LogP contribution in [0.1, 0.15) is 40.0 Å². The Balaban J connectivity index is 1.24. The molecule has 5 aliphatic rings. The fourth-order valence-corrected chi connectivity index (χ4v) is 9.29. The number of esters is 4. The van der Waals surface area contributed by atoms with Gasteiger partial charge in [-0.15, -0.1) is 0 Å². The van der Waals surface area contributed by atoms with Crippen LogP contribution in [0.4, 0.5) is 0 Å². The number of allylic oxidation sites excluding steroid dienone is 2. The van der Waals surface area contributed by atoms with Gasteiger partial charge in [-0.1, -0.05) is 19.1 Å². The standard InChI is InChI=1S/C44H64O24/c1-6-20-23(26(39(57)59-4)16-62-41(20)67-43-37(55)35(53)33(51)29(13-47)65-43)9-31(49)61-15-19(11-45)22-8-28(18(3)25(22)12-46)64-32(50)10-24-21(7-2)42(63-17-27(24)40(58)60-5)68-44-38(56)36(54)34(52)30(14-48)66-44/h6-7,16-19,22-25,28-30,33-38,41-48,51-56H,8-15H2,1-5H3. The predicted octanol–water partition coefficient (Wildman–Crippen LogP) is -3.32. The fraction of sp³-hybridized carbons (Fsp3) is 0.727. The van der Waals surface area contributed by atoms with E-state index in [0.717, 1.165) is 26.7 Å². The van der Waals surface area contributed by atoms with Gasteiger partial charge in [-0.25, -0.2) is 9.59 Å². The summed E-state index contributed by atoms with van der Waals surface area (Å²) in [5.74, 6) is -7.88. The number of carbonyl (C=O) groups excluding carboxylic acids is 4. The van der Waals surface area contributed by atoms with Crippen LogP contribution >= 0.6 is 0 Å². The van der Waals surface area contributed by atoms with Crippen molar-refractivity contribution in [3.8, 4) is 0 Å². The molecule has 24 nitrogen and oxygen atoms in total. The summed E-state index contributed by atoms with van der Waals surface area (Å²) < 4.78 is 55.2. The van der Waals surface area contributed by atoms with E-state index in [1.807, 2.05) is 0 Å². The smallest absolute Gasteiger partial charge is 0.337 e. The minimum Gasteiger partial charge on any atom is -0.468 e. The highest BCUT2D eigenvalue weighted by Crippen LogP contribution is 2.44. The van der Waals surface area contributed by atoms with Gasteiger partial charge in [0, 0.05) is 42.1 Å². The highest BCUT2D eigenvalue weighted by molar-refractivity contribution is 5.91. The highest BCUT2D eigenvalue weighted by Gasteiger charge is 2.50. The van der Waals surface area contributed by atoms with E-state index in [2.05, 4.69) is 0 Å². The van der Waals surface area contributed by atoms with Crippen LogP contribution in [0.5, 0.6) is 0 Å². The molecule has 4 heterocycles.